The van der Waals surface area contributed by atoms with Crippen LogP contribution in [0.15, 0.2) is 42.5 Å². The van der Waals surface area contributed by atoms with E-state index in [0.29, 0.717) is 23.1 Å². The summed E-state index contributed by atoms with van der Waals surface area (Å²) in [4.78, 5) is 0. The fraction of sp³-hybridized carbons (Fsp3) is 0.556. The molecule has 184 valence electrons. The summed E-state index contributed by atoms with van der Waals surface area (Å²) in [6.07, 6.45) is 1.38. The molecule has 2 aliphatic carbocycles. The van der Waals surface area contributed by atoms with Gasteiger partial charge in [0.25, 0.3) is 0 Å². The number of halogens is 1. The molecular weight excluding hydrogens is 456 g/mol. The predicted molar refractivity (Wildman–Crippen MR) is 128 cm³/mol. The largest absolute Gasteiger partial charge is 0.490 e. The van der Waals surface area contributed by atoms with Crippen LogP contribution in [0.1, 0.15) is 54.9 Å². The maximum atomic E-state index is 10.5. The zero-order chi connectivity index (χ0) is 23.8. The van der Waals surface area contributed by atoms with Gasteiger partial charge in [0.15, 0.2) is 0 Å². The summed E-state index contributed by atoms with van der Waals surface area (Å²) < 4.78 is 12.0. The molecule has 34 heavy (non-hydrogen) atoms. The minimum atomic E-state index is -1.41. The average molecular weight is 489 g/mol. The highest BCUT2D eigenvalue weighted by molar-refractivity contribution is 6.31. The lowest BCUT2D eigenvalue weighted by Gasteiger charge is -2.40. The van der Waals surface area contributed by atoms with Crippen LogP contribution in [0.2, 0.25) is 5.02 Å². The SMILES string of the molecule is OC[C@H]1O[C@@H](c2ccc(Cl)c(Cc3ccc(OC4CC5CCCC5C4)cc3)c2)[C@H](O)[C@@H](O)[C@@H]1O. The van der Waals surface area contributed by atoms with Crippen molar-refractivity contribution in [2.24, 2.45) is 11.8 Å². The van der Waals surface area contributed by atoms with E-state index in [2.05, 4.69) is 0 Å². The van der Waals surface area contributed by atoms with Gasteiger partial charge in [-0.05, 0) is 66.0 Å². The van der Waals surface area contributed by atoms with Gasteiger partial charge >= 0.3 is 0 Å². The number of aliphatic hydroxyl groups excluding tert-OH is 4. The summed E-state index contributed by atoms with van der Waals surface area (Å²) in [5.74, 6) is 2.60. The second-order valence-corrected chi connectivity index (χ2v) is 10.5. The highest BCUT2D eigenvalue weighted by Gasteiger charge is 2.44. The van der Waals surface area contributed by atoms with E-state index in [1.807, 2.05) is 30.3 Å². The van der Waals surface area contributed by atoms with Crippen molar-refractivity contribution in [3.8, 4) is 5.75 Å². The van der Waals surface area contributed by atoms with Crippen molar-refractivity contribution in [1.82, 2.24) is 0 Å². The lowest BCUT2D eigenvalue weighted by molar-refractivity contribution is -0.231. The smallest absolute Gasteiger partial charge is 0.119 e. The van der Waals surface area contributed by atoms with Crippen molar-refractivity contribution in [2.45, 2.75) is 75.1 Å². The highest BCUT2D eigenvalue weighted by atomic mass is 35.5. The van der Waals surface area contributed by atoms with Crippen LogP contribution in [-0.2, 0) is 11.2 Å². The molecule has 1 saturated heterocycles. The van der Waals surface area contributed by atoms with Crippen molar-refractivity contribution >= 4 is 11.6 Å². The van der Waals surface area contributed by atoms with Crippen LogP contribution in [0, 0.1) is 11.8 Å². The molecule has 5 rings (SSSR count). The zero-order valence-electron chi connectivity index (χ0n) is 19.1. The van der Waals surface area contributed by atoms with Crippen molar-refractivity contribution in [2.75, 3.05) is 6.61 Å². The lowest BCUT2D eigenvalue weighted by Crippen LogP contribution is -2.55. The maximum Gasteiger partial charge on any atom is 0.119 e. The summed E-state index contributed by atoms with van der Waals surface area (Å²) in [6, 6.07) is 13.4. The number of fused-ring (bicyclic) bond motifs is 1. The van der Waals surface area contributed by atoms with E-state index >= 15 is 0 Å². The molecule has 2 saturated carbocycles. The third-order valence-electron chi connectivity index (χ3n) is 7.86. The van der Waals surface area contributed by atoms with E-state index in [9.17, 15) is 20.4 Å². The Bertz CT molecular complexity index is 968. The van der Waals surface area contributed by atoms with Crippen LogP contribution in [-0.4, -0.2) is 57.6 Å². The van der Waals surface area contributed by atoms with Crippen LogP contribution in [0.4, 0.5) is 0 Å². The second kappa shape index (κ2) is 10.1. The van der Waals surface area contributed by atoms with Gasteiger partial charge in [0.1, 0.15) is 36.3 Å². The monoisotopic (exact) mass is 488 g/mol. The Labute approximate surface area is 205 Å². The van der Waals surface area contributed by atoms with Crippen molar-refractivity contribution in [3.63, 3.8) is 0 Å². The van der Waals surface area contributed by atoms with Crippen molar-refractivity contribution in [1.29, 1.82) is 0 Å². The molecule has 0 radical (unpaired) electrons. The molecule has 1 heterocycles. The van der Waals surface area contributed by atoms with Crippen LogP contribution in [0.25, 0.3) is 0 Å². The molecule has 2 unspecified atom stereocenters. The van der Waals surface area contributed by atoms with E-state index in [4.69, 9.17) is 21.1 Å². The van der Waals surface area contributed by atoms with Gasteiger partial charge in [-0.25, -0.2) is 0 Å². The standard InChI is InChI=1S/C27H33ClO6/c28-22-9-6-18(27-26(32)25(31)24(30)23(14-29)34-27)11-19(22)10-15-4-7-20(8-5-15)33-21-12-16-2-1-3-17(16)13-21/h4-9,11,16-17,21,23-27,29-32H,1-3,10,12-14H2/t16?,17?,21?,23-,24-,25+,26-,27+/m1/s1. The second-order valence-electron chi connectivity index (χ2n) is 10.1. The van der Waals surface area contributed by atoms with Gasteiger partial charge < -0.3 is 29.9 Å². The summed E-state index contributed by atoms with van der Waals surface area (Å²) in [5, 5.41) is 40.7. The van der Waals surface area contributed by atoms with Gasteiger partial charge in [-0.1, -0.05) is 55.1 Å². The lowest BCUT2D eigenvalue weighted by atomic mass is 9.90. The molecule has 4 N–H and O–H groups in total. The van der Waals surface area contributed by atoms with Crippen LogP contribution in [0.3, 0.4) is 0 Å². The molecule has 1 aliphatic heterocycles. The summed E-state index contributed by atoms with van der Waals surface area (Å²) in [6.45, 7) is -0.460. The first-order valence-electron chi connectivity index (χ1n) is 12.3. The Hall–Kier alpha value is -1.67. The quantitative estimate of drug-likeness (QED) is 0.497. The molecule has 0 aromatic heterocycles. The van der Waals surface area contributed by atoms with Gasteiger partial charge in [-0.15, -0.1) is 0 Å². The topological polar surface area (TPSA) is 99.4 Å². The van der Waals surface area contributed by atoms with E-state index in [-0.39, 0.29) is 0 Å². The molecule has 0 spiro atoms. The van der Waals surface area contributed by atoms with Crippen molar-refractivity contribution in [3.05, 3.63) is 64.2 Å². The van der Waals surface area contributed by atoms with Crippen LogP contribution >= 0.6 is 11.6 Å². The number of aliphatic hydroxyl groups is 4. The molecule has 0 amide bonds. The van der Waals surface area contributed by atoms with E-state index in [0.717, 1.165) is 28.7 Å². The number of ether oxygens (including phenoxy) is 2. The molecule has 7 heteroatoms. The van der Waals surface area contributed by atoms with Crippen molar-refractivity contribution < 1.29 is 29.9 Å². The molecule has 7 atom stereocenters. The average Bonchev–Trinajstić information content (AvgIpc) is 3.42. The highest BCUT2D eigenvalue weighted by Crippen LogP contribution is 2.45. The Kier molecular flexibility index (Phi) is 7.17. The summed E-state index contributed by atoms with van der Waals surface area (Å²) >= 11 is 6.46. The summed E-state index contributed by atoms with van der Waals surface area (Å²) in [5.41, 5.74) is 2.56. The number of hydrogen-bond acceptors (Lipinski definition) is 6. The minimum absolute atomic E-state index is 0.325. The van der Waals surface area contributed by atoms with Gasteiger partial charge in [0, 0.05) is 5.02 Å². The first-order valence-corrected chi connectivity index (χ1v) is 12.6. The third-order valence-corrected chi connectivity index (χ3v) is 8.23. The molecular formula is C27H33ClO6. The fourth-order valence-corrected chi connectivity index (χ4v) is 6.17. The fourth-order valence-electron chi connectivity index (χ4n) is 5.98. The van der Waals surface area contributed by atoms with Crippen LogP contribution < -0.4 is 4.74 Å². The normalized spacial score (nSPS) is 35.3. The number of rotatable bonds is 6. The molecule has 2 aromatic rings. The maximum absolute atomic E-state index is 10.5. The van der Waals surface area contributed by atoms with E-state index in [1.54, 1.807) is 12.1 Å². The van der Waals surface area contributed by atoms with Gasteiger partial charge in [0.2, 0.25) is 0 Å². The first kappa shape index (κ1) is 24.0. The molecule has 3 fully saturated rings. The zero-order valence-corrected chi connectivity index (χ0v) is 19.8. The number of benzene rings is 2. The molecule has 0 bridgehead atoms. The van der Waals surface area contributed by atoms with Gasteiger partial charge in [-0.2, -0.15) is 0 Å². The Balaban J connectivity index is 1.26. The van der Waals surface area contributed by atoms with Gasteiger partial charge in [-0.3, -0.25) is 0 Å². The molecule has 2 aromatic carbocycles. The van der Waals surface area contributed by atoms with Gasteiger partial charge in [0.05, 0.1) is 12.7 Å². The Morgan fingerprint density at radius 3 is 2.29 bits per heavy atom. The predicted octanol–water partition coefficient (Wildman–Crippen LogP) is 3.40. The minimum Gasteiger partial charge on any atom is -0.490 e. The third kappa shape index (κ3) is 4.85. The van der Waals surface area contributed by atoms with E-state index in [1.165, 1.54) is 32.1 Å². The summed E-state index contributed by atoms with van der Waals surface area (Å²) in [7, 11) is 0. The molecule has 6 nitrogen and oxygen atoms in total. The molecule has 3 aliphatic rings. The van der Waals surface area contributed by atoms with Crippen LogP contribution in [0.5, 0.6) is 5.75 Å². The first-order chi connectivity index (χ1) is 16.4. The number of hydrogen-bond donors (Lipinski definition) is 4. The van der Waals surface area contributed by atoms with E-state index < -0.39 is 37.1 Å². The Morgan fingerprint density at radius 1 is 0.912 bits per heavy atom. The Morgan fingerprint density at radius 2 is 1.62 bits per heavy atom.